The number of allylic oxidation sites excluding steroid dienone is 22. The van der Waals surface area contributed by atoms with E-state index in [4.69, 9.17) is 18.9 Å². The summed E-state index contributed by atoms with van der Waals surface area (Å²) in [6.07, 6.45) is 93.9. The first kappa shape index (κ1) is 82.4. The first-order valence-corrected chi connectivity index (χ1v) is 35.3. The molecule has 0 aromatic heterocycles. The molecule has 0 aliphatic carbocycles. The number of carbonyl (C=O) groups is 3. The van der Waals surface area contributed by atoms with Crippen molar-refractivity contribution in [1.29, 1.82) is 0 Å². The molecule has 0 spiro atoms. The Kier molecular flexibility index (Phi) is 63.8. The maximum atomic E-state index is 12.9. The van der Waals surface area contributed by atoms with E-state index in [2.05, 4.69) is 148 Å². The van der Waals surface area contributed by atoms with Crippen molar-refractivity contribution in [3.63, 3.8) is 0 Å². The van der Waals surface area contributed by atoms with Crippen LogP contribution in [0.15, 0.2) is 134 Å². The van der Waals surface area contributed by atoms with Crippen LogP contribution in [-0.4, -0.2) is 82.3 Å². The topological polar surface area (TPSA) is 111 Å². The van der Waals surface area contributed by atoms with Crippen LogP contribution in [0.3, 0.4) is 0 Å². The average molecular weight is 1210 g/mol. The number of likely N-dealkylation sites (N-methyl/N-ethyl adjacent to an activating group) is 1. The summed E-state index contributed by atoms with van der Waals surface area (Å²) in [6, 6.07) is 0. The molecular weight excluding hydrogens is 1080 g/mol. The van der Waals surface area contributed by atoms with Crippen molar-refractivity contribution < 1.29 is 42.9 Å². The molecule has 2 unspecified atom stereocenters. The van der Waals surface area contributed by atoms with Gasteiger partial charge < -0.3 is 33.3 Å². The van der Waals surface area contributed by atoms with Crippen LogP contribution in [0.1, 0.15) is 284 Å². The van der Waals surface area contributed by atoms with E-state index in [9.17, 15) is 19.5 Å². The molecule has 0 bridgehead atoms. The first-order valence-electron chi connectivity index (χ1n) is 35.3. The fraction of sp³-hybridized carbons (Fsp3) is 0.679. The fourth-order valence-electron chi connectivity index (χ4n) is 9.57. The molecule has 0 aliphatic rings. The third-order valence-corrected chi connectivity index (χ3v) is 14.9. The summed E-state index contributed by atoms with van der Waals surface area (Å²) in [6.45, 7) is 4.53. The highest BCUT2D eigenvalue weighted by atomic mass is 16.7. The molecule has 0 aliphatic heterocycles. The molecule has 0 saturated heterocycles. The van der Waals surface area contributed by atoms with E-state index in [-0.39, 0.29) is 38.6 Å². The van der Waals surface area contributed by atoms with Crippen molar-refractivity contribution in [1.82, 2.24) is 0 Å². The molecule has 0 aromatic rings. The van der Waals surface area contributed by atoms with Gasteiger partial charge >= 0.3 is 11.9 Å². The third kappa shape index (κ3) is 68.8. The van der Waals surface area contributed by atoms with Gasteiger partial charge in [0.25, 0.3) is 0 Å². The average Bonchev–Trinajstić information content (AvgIpc) is 3.57. The van der Waals surface area contributed by atoms with Gasteiger partial charge in [-0.15, -0.1) is 0 Å². The molecule has 87 heavy (non-hydrogen) atoms. The number of hydrogen-bond acceptors (Lipinski definition) is 8. The molecule has 0 heterocycles. The van der Waals surface area contributed by atoms with Crippen molar-refractivity contribution in [2.75, 3.05) is 47.5 Å². The Balaban J connectivity index is 4.10. The lowest BCUT2D eigenvalue weighted by atomic mass is 10.0. The molecule has 0 rings (SSSR count). The summed E-state index contributed by atoms with van der Waals surface area (Å²) in [5.74, 6) is -2.29. The van der Waals surface area contributed by atoms with Crippen LogP contribution in [0.5, 0.6) is 0 Å². The zero-order chi connectivity index (χ0) is 63.3. The quantitative estimate of drug-likeness (QED) is 0.0195. The highest BCUT2D eigenvalue weighted by molar-refractivity contribution is 5.70. The number of nitrogens with zero attached hydrogens (tertiary/aromatic N) is 1. The van der Waals surface area contributed by atoms with Gasteiger partial charge in [0, 0.05) is 12.8 Å². The van der Waals surface area contributed by atoms with Gasteiger partial charge in [-0.2, -0.15) is 0 Å². The van der Waals surface area contributed by atoms with Crippen LogP contribution in [0.2, 0.25) is 0 Å². The first-order chi connectivity index (χ1) is 42.6. The number of carboxylic acid groups (broad SMARTS) is 1. The van der Waals surface area contributed by atoms with E-state index in [1.54, 1.807) is 0 Å². The zero-order valence-electron chi connectivity index (χ0n) is 56.6. The van der Waals surface area contributed by atoms with E-state index >= 15 is 0 Å². The summed E-state index contributed by atoms with van der Waals surface area (Å²) in [7, 11) is 5.93. The minimum Gasteiger partial charge on any atom is -0.545 e. The molecule has 2 atom stereocenters. The zero-order valence-corrected chi connectivity index (χ0v) is 56.6. The van der Waals surface area contributed by atoms with Gasteiger partial charge in [0.1, 0.15) is 13.2 Å². The lowest BCUT2D eigenvalue weighted by molar-refractivity contribution is -0.870. The maximum absolute atomic E-state index is 12.9. The molecule has 0 aromatic carbocycles. The van der Waals surface area contributed by atoms with Crippen LogP contribution >= 0.6 is 0 Å². The van der Waals surface area contributed by atoms with Gasteiger partial charge in [-0.1, -0.05) is 295 Å². The van der Waals surface area contributed by atoms with Gasteiger partial charge in [0.2, 0.25) is 0 Å². The minimum atomic E-state index is -1.63. The molecule has 0 amide bonds. The van der Waals surface area contributed by atoms with Gasteiger partial charge in [0.15, 0.2) is 12.4 Å². The molecule has 0 N–H and O–H groups in total. The minimum absolute atomic E-state index is 0.142. The van der Waals surface area contributed by atoms with Crippen LogP contribution in [0.4, 0.5) is 0 Å². The van der Waals surface area contributed by atoms with Crippen LogP contribution in [0.25, 0.3) is 0 Å². The van der Waals surface area contributed by atoms with E-state index in [0.717, 1.165) is 122 Å². The monoisotopic (exact) mass is 1210 g/mol. The number of quaternary nitrogens is 1. The Morgan fingerprint density at radius 1 is 0.345 bits per heavy atom. The van der Waals surface area contributed by atoms with Crippen LogP contribution in [-0.2, 0) is 33.3 Å². The predicted octanol–water partition coefficient (Wildman–Crippen LogP) is 20.8. The molecule has 9 nitrogen and oxygen atoms in total. The second-order valence-corrected chi connectivity index (χ2v) is 24.4. The summed E-state index contributed by atoms with van der Waals surface area (Å²) < 4.78 is 22.8. The summed E-state index contributed by atoms with van der Waals surface area (Å²) in [5.41, 5.74) is 0. The fourth-order valence-corrected chi connectivity index (χ4v) is 9.57. The number of rotatable bonds is 64. The van der Waals surface area contributed by atoms with Crippen LogP contribution < -0.4 is 5.11 Å². The number of carbonyl (C=O) groups excluding carboxylic acids is 3. The third-order valence-electron chi connectivity index (χ3n) is 14.9. The highest BCUT2D eigenvalue weighted by Crippen LogP contribution is 2.17. The number of ether oxygens (including phenoxy) is 4. The number of hydrogen-bond donors (Lipinski definition) is 0. The van der Waals surface area contributed by atoms with Crippen molar-refractivity contribution in [3.8, 4) is 0 Å². The standard InChI is InChI=1S/C78H131NO8/c1-6-8-10-12-14-16-18-20-22-24-26-28-30-32-33-34-35-36-37-38-39-40-41-42-43-45-47-49-51-53-55-57-59-61-63-65-67-69-76(81)87-74(73-86-78(77(82)83)84-71-70-79(3,4)5)72-85-75(80)68-66-64-62-60-58-56-54-52-50-48-46-44-31-29-27-25-23-21-19-17-15-13-11-9-7-2/h8-11,14-17,20-23,26-29,32-33,35-36,44,46,74,78H,6-7,12-13,18-19,24-25,30-31,34,37-43,45,47-73H2,1-5H3/b10-8-,11-9-,16-14-,17-15-,22-20-,23-21-,28-26-,29-27-,33-32-,36-35-,46-44-. The van der Waals surface area contributed by atoms with Crippen LogP contribution in [0, 0.1) is 0 Å². The molecule has 9 heteroatoms. The molecule has 496 valence electrons. The Hall–Kier alpha value is -4.57. The summed E-state index contributed by atoms with van der Waals surface area (Å²) in [4.78, 5) is 37.5. The van der Waals surface area contributed by atoms with Gasteiger partial charge in [-0.05, 0) is 109 Å². The van der Waals surface area contributed by atoms with Crippen molar-refractivity contribution in [2.45, 2.75) is 296 Å². The Morgan fingerprint density at radius 2 is 0.621 bits per heavy atom. The van der Waals surface area contributed by atoms with Crippen molar-refractivity contribution in [2.24, 2.45) is 0 Å². The number of unbranched alkanes of at least 4 members (excludes halogenated alkanes) is 27. The highest BCUT2D eigenvalue weighted by Gasteiger charge is 2.22. The number of carboxylic acids is 1. The van der Waals surface area contributed by atoms with E-state index in [1.807, 2.05) is 21.1 Å². The van der Waals surface area contributed by atoms with E-state index < -0.39 is 24.3 Å². The predicted molar refractivity (Wildman–Crippen MR) is 370 cm³/mol. The van der Waals surface area contributed by atoms with E-state index in [1.165, 1.54) is 128 Å². The van der Waals surface area contributed by atoms with Gasteiger partial charge in [-0.3, -0.25) is 9.59 Å². The Bertz CT molecular complexity index is 1890. The number of aliphatic carboxylic acids is 1. The van der Waals surface area contributed by atoms with Gasteiger partial charge in [0.05, 0.1) is 40.3 Å². The molecular formula is C78H131NO8. The maximum Gasteiger partial charge on any atom is 0.306 e. The van der Waals surface area contributed by atoms with Crippen molar-refractivity contribution >= 4 is 17.9 Å². The Morgan fingerprint density at radius 3 is 0.920 bits per heavy atom. The second-order valence-electron chi connectivity index (χ2n) is 24.4. The SMILES string of the molecule is CC/C=C\C/C=C\C/C=C\C/C=C\C/C=C\C/C=C\CCCCCCCCCCCCCCCCCCCCC(=O)OC(COC(=O)CCCCCCCCCCC/C=C\C/C=C\C/C=C\C/C=C\C/C=C\CC)COC(OCC[N+](C)(C)C)C(=O)[O-]. The summed E-state index contributed by atoms with van der Waals surface area (Å²) in [5, 5.41) is 11.8. The lowest BCUT2D eigenvalue weighted by Gasteiger charge is -2.26. The largest absolute Gasteiger partial charge is 0.545 e. The van der Waals surface area contributed by atoms with Gasteiger partial charge in [-0.25, -0.2) is 0 Å². The lowest BCUT2D eigenvalue weighted by Crippen LogP contribution is -2.44. The van der Waals surface area contributed by atoms with E-state index in [0.29, 0.717) is 17.4 Å². The Labute approximate surface area is 535 Å². The molecule has 0 saturated carbocycles. The smallest absolute Gasteiger partial charge is 0.306 e. The normalized spacial score (nSPS) is 13.5. The van der Waals surface area contributed by atoms with Crippen molar-refractivity contribution in [3.05, 3.63) is 134 Å². The number of esters is 2. The summed E-state index contributed by atoms with van der Waals surface area (Å²) >= 11 is 0. The molecule has 0 fully saturated rings. The second kappa shape index (κ2) is 67.4. The molecule has 0 radical (unpaired) electrons.